The van der Waals surface area contributed by atoms with Crippen LogP contribution in [-0.2, 0) is 0 Å². The van der Waals surface area contributed by atoms with E-state index >= 15 is 0 Å². The monoisotopic (exact) mass is 343 g/mol. The number of amides is 1. The minimum atomic E-state index is -0.185. The topological polar surface area (TPSA) is 51.5 Å². The lowest BCUT2D eigenvalue weighted by Gasteiger charge is -2.07. The number of hydrogen-bond acceptors (Lipinski definition) is 3. The third-order valence-corrected chi connectivity index (χ3v) is 4.12. The van der Waals surface area contributed by atoms with E-state index in [1.165, 1.54) is 0 Å². The van der Waals surface area contributed by atoms with E-state index in [0.29, 0.717) is 23.6 Å². The maximum atomic E-state index is 12.4. The number of fused-ring (bicyclic) bond motifs is 3. The lowest BCUT2D eigenvalue weighted by atomic mass is 10.1. The summed E-state index contributed by atoms with van der Waals surface area (Å²) in [7, 11) is 0. The summed E-state index contributed by atoms with van der Waals surface area (Å²) in [5.74, 6) is 0.515. The second kappa shape index (κ2) is 6.76. The zero-order valence-electron chi connectivity index (χ0n) is 14.1. The van der Waals surface area contributed by atoms with Gasteiger partial charge in [-0.2, -0.15) is 0 Å². The Balaban J connectivity index is 1.55. The van der Waals surface area contributed by atoms with E-state index in [0.717, 1.165) is 21.9 Å². The SMILES string of the molecule is C=CCOc1ccc(C(=O)Nc2ccc3c(c2)oc2ccccc23)cc1. The van der Waals surface area contributed by atoms with Gasteiger partial charge in [0.25, 0.3) is 5.91 Å². The number of para-hydroxylation sites is 1. The van der Waals surface area contributed by atoms with Gasteiger partial charge in [-0.25, -0.2) is 0 Å². The molecular formula is C22H17NO3. The molecule has 1 amide bonds. The number of nitrogens with one attached hydrogen (secondary N) is 1. The minimum Gasteiger partial charge on any atom is -0.490 e. The van der Waals surface area contributed by atoms with Crippen molar-refractivity contribution in [3.8, 4) is 5.75 Å². The summed E-state index contributed by atoms with van der Waals surface area (Å²) in [4.78, 5) is 12.4. The summed E-state index contributed by atoms with van der Waals surface area (Å²) in [5, 5.41) is 5.00. The van der Waals surface area contributed by atoms with E-state index < -0.39 is 0 Å². The van der Waals surface area contributed by atoms with Gasteiger partial charge < -0.3 is 14.5 Å². The predicted octanol–water partition coefficient (Wildman–Crippen LogP) is 5.40. The summed E-state index contributed by atoms with van der Waals surface area (Å²) in [6, 6.07) is 20.6. The van der Waals surface area contributed by atoms with Crippen LogP contribution in [0, 0.1) is 0 Å². The molecule has 128 valence electrons. The number of hydrogen-bond donors (Lipinski definition) is 1. The number of benzene rings is 3. The Labute approximate surface area is 150 Å². The number of carbonyl (C=O) groups is 1. The molecule has 3 aromatic carbocycles. The number of anilines is 1. The van der Waals surface area contributed by atoms with Crippen LogP contribution in [0.5, 0.6) is 5.75 Å². The van der Waals surface area contributed by atoms with Gasteiger partial charge in [-0.15, -0.1) is 0 Å². The van der Waals surface area contributed by atoms with Crippen LogP contribution in [0.4, 0.5) is 5.69 Å². The summed E-state index contributed by atoms with van der Waals surface area (Å²) in [5.41, 5.74) is 2.83. The van der Waals surface area contributed by atoms with E-state index in [1.54, 1.807) is 30.3 Å². The second-order valence-corrected chi connectivity index (χ2v) is 5.89. The van der Waals surface area contributed by atoms with Crippen molar-refractivity contribution in [1.82, 2.24) is 0 Å². The van der Waals surface area contributed by atoms with Gasteiger partial charge in [0.2, 0.25) is 0 Å². The predicted molar refractivity (Wildman–Crippen MR) is 104 cm³/mol. The van der Waals surface area contributed by atoms with Crippen LogP contribution in [-0.4, -0.2) is 12.5 Å². The fourth-order valence-electron chi connectivity index (χ4n) is 2.86. The Morgan fingerprint density at radius 1 is 1.00 bits per heavy atom. The van der Waals surface area contributed by atoms with Crippen LogP contribution in [0.3, 0.4) is 0 Å². The molecule has 0 saturated heterocycles. The highest BCUT2D eigenvalue weighted by atomic mass is 16.5. The summed E-state index contributed by atoms with van der Waals surface area (Å²) < 4.78 is 11.3. The van der Waals surface area contributed by atoms with Crippen molar-refractivity contribution >= 4 is 33.5 Å². The van der Waals surface area contributed by atoms with Crippen molar-refractivity contribution < 1.29 is 13.9 Å². The van der Waals surface area contributed by atoms with E-state index in [2.05, 4.69) is 11.9 Å². The molecule has 0 unspecified atom stereocenters. The largest absolute Gasteiger partial charge is 0.490 e. The molecule has 0 aliphatic carbocycles. The van der Waals surface area contributed by atoms with E-state index in [-0.39, 0.29) is 5.91 Å². The fourth-order valence-corrected chi connectivity index (χ4v) is 2.86. The average molecular weight is 343 g/mol. The van der Waals surface area contributed by atoms with Gasteiger partial charge in [-0.1, -0.05) is 30.9 Å². The van der Waals surface area contributed by atoms with Crippen LogP contribution < -0.4 is 10.1 Å². The molecule has 0 atom stereocenters. The third-order valence-electron chi connectivity index (χ3n) is 4.12. The molecular weight excluding hydrogens is 326 g/mol. The van der Waals surface area contributed by atoms with Crippen molar-refractivity contribution in [3.63, 3.8) is 0 Å². The molecule has 0 spiro atoms. The number of rotatable bonds is 5. The first-order valence-electron chi connectivity index (χ1n) is 8.31. The zero-order chi connectivity index (χ0) is 17.9. The number of ether oxygens (including phenoxy) is 1. The number of furan rings is 1. The van der Waals surface area contributed by atoms with Crippen LogP contribution in [0.15, 0.2) is 83.8 Å². The Bertz CT molecular complexity index is 1090. The molecule has 1 aromatic heterocycles. The number of carbonyl (C=O) groups excluding carboxylic acids is 1. The molecule has 1 N–H and O–H groups in total. The van der Waals surface area contributed by atoms with Crippen LogP contribution in [0.1, 0.15) is 10.4 Å². The Kier molecular flexibility index (Phi) is 4.15. The van der Waals surface area contributed by atoms with Gasteiger partial charge in [0.05, 0.1) is 0 Å². The maximum absolute atomic E-state index is 12.4. The first kappa shape index (κ1) is 16.0. The van der Waals surface area contributed by atoms with Crippen LogP contribution >= 0.6 is 0 Å². The van der Waals surface area contributed by atoms with E-state index in [1.807, 2.05) is 42.5 Å². The molecule has 4 nitrogen and oxygen atoms in total. The van der Waals surface area contributed by atoms with Gasteiger partial charge in [0.15, 0.2) is 0 Å². The van der Waals surface area contributed by atoms with Crippen LogP contribution in [0.2, 0.25) is 0 Å². The van der Waals surface area contributed by atoms with Gasteiger partial charge >= 0.3 is 0 Å². The second-order valence-electron chi connectivity index (χ2n) is 5.89. The molecule has 0 aliphatic rings. The van der Waals surface area contributed by atoms with E-state index in [4.69, 9.17) is 9.15 Å². The van der Waals surface area contributed by atoms with Gasteiger partial charge in [-0.3, -0.25) is 4.79 Å². The molecule has 0 radical (unpaired) electrons. The van der Waals surface area contributed by atoms with Gasteiger partial charge in [0, 0.05) is 28.1 Å². The smallest absolute Gasteiger partial charge is 0.255 e. The molecule has 0 aliphatic heterocycles. The van der Waals surface area contributed by atoms with Crippen molar-refractivity contribution in [3.05, 3.63) is 84.9 Å². The Morgan fingerprint density at radius 2 is 1.77 bits per heavy atom. The Morgan fingerprint density at radius 3 is 2.58 bits per heavy atom. The van der Waals surface area contributed by atoms with Crippen molar-refractivity contribution in [2.75, 3.05) is 11.9 Å². The minimum absolute atomic E-state index is 0.185. The average Bonchev–Trinajstić information content (AvgIpc) is 3.04. The van der Waals surface area contributed by atoms with Gasteiger partial charge in [-0.05, 0) is 42.5 Å². The highest BCUT2D eigenvalue weighted by Crippen LogP contribution is 2.30. The standard InChI is InChI=1S/C22H17NO3/c1-2-13-25-17-10-7-15(8-11-17)22(24)23-16-9-12-19-18-5-3-4-6-20(18)26-21(19)14-16/h2-12,14H,1,13H2,(H,23,24). The Hall–Kier alpha value is -3.53. The molecule has 0 saturated carbocycles. The molecule has 26 heavy (non-hydrogen) atoms. The maximum Gasteiger partial charge on any atom is 0.255 e. The van der Waals surface area contributed by atoms with Crippen molar-refractivity contribution in [1.29, 1.82) is 0 Å². The lowest BCUT2D eigenvalue weighted by molar-refractivity contribution is 0.102. The quantitative estimate of drug-likeness (QED) is 0.493. The summed E-state index contributed by atoms with van der Waals surface area (Å²) >= 11 is 0. The van der Waals surface area contributed by atoms with Crippen LogP contribution in [0.25, 0.3) is 21.9 Å². The molecule has 0 bridgehead atoms. The summed E-state index contributed by atoms with van der Waals surface area (Å²) in [6.07, 6.45) is 1.68. The molecule has 0 fully saturated rings. The molecule has 4 rings (SSSR count). The first-order chi connectivity index (χ1) is 12.7. The first-order valence-corrected chi connectivity index (χ1v) is 8.31. The molecule has 4 heteroatoms. The molecule has 1 heterocycles. The van der Waals surface area contributed by atoms with E-state index in [9.17, 15) is 4.79 Å². The fraction of sp³-hybridized carbons (Fsp3) is 0.0455. The highest BCUT2D eigenvalue weighted by Gasteiger charge is 2.10. The van der Waals surface area contributed by atoms with Crippen molar-refractivity contribution in [2.24, 2.45) is 0 Å². The lowest BCUT2D eigenvalue weighted by Crippen LogP contribution is -2.11. The molecule has 4 aromatic rings. The van der Waals surface area contributed by atoms with Crippen molar-refractivity contribution in [2.45, 2.75) is 0 Å². The zero-order valence-corrected chi connectivity index (χ0v) is 14.1. The summed E-state index contributed by atoms with van der Waals surface area (Å²) in [6.45, 7) is 4.04. The normalized spacial score (nSPS) is 10.8. The third kappa shape index (κ3) is 3.05. The highest BCUT2D eigenvalue weighted by molar-refractivity contribution is 6.08. The van der Waals surface area contributed by atoms with Gasteiger partial charge in [0.1, 0.15) is 23.5 Å².